The minimum atomic E-state index is -0.505. The molecule has 0 rings (SSSR count). The van der Waals surface area contributed by atoms with Crippen LogP contribution in [0.4, 0.5) is 4.79 Å². The van der Waals surface area contributed by atoms with Gasteiger partial charge in [-0.2, -0.15) is 0 Å². The molecule has 0 saturated carbocycles. The number of carbonyl (C=O) groups excluding carboxylic acids is 2. The van der Waals surface area contributed by atoms with Gasteiger partial charge in [-0.05, 0) is 27.2 Å². The first-order chi connectivity index (χ1) is 15.8. The van der Waals surface area contributed by atoms with Gasteiger partial charge in [0, 0.05) is 13.0 Å². The van der Waals surface area contributed by atoms with Crippen LogP contribution >= 0.6 is 0 Å². The Morgan fingerprint density at radius 2 is 1.15 bits per heavy atom. The summed E-state index contributed by atoms with van der Waals surface area (Å²) in [7, 11) is 0. The molecule has 9 nitrogen and oxygen atoms in total. The average molecular weight is 478 g/mol. The molecule has 0 heterocycles. The van der Waals surface area contributed by atoms with E-state index in [-0.39, 0.29) is 12.6 Å². The Morgan fingerprint density at radius 3 is 1.70 bits per heavy atom. The lowest BCUT2D eigenvalue weighted by Crippen LogP contribution is -2.34. The van der Waals surface area contributed by atoms with Crippen molar-refractivity contribution < 1.29 is 38.0 Å². The Labute approximate surface area is 200 Å². The van der Waals surface area contributed by atoms with Gasteiger partial charge in [0.2, 0.25) is 0 Å². The van der Waals surface area contributed by atoms with E-state index in [1.165, 1.54) is 25.7 Å². The minimum Gasteiger partial charge on any atom is -0.463 e. The Hall–Kier alpha value is -1.42. The first kappa shape index (κ1) is 31.6. The SMILES string of the molecule is CCCCCCCCC(=O)OCCOCCOCCOCCOCCNC(=O)OC(C)(C)C. The van der Waals surface area contributed by atoms with Gasteiger partial charge in [-0.1, -0.05) is 39.0 Å². The maximum absolute atomic E-state index is 11.6. The minimum absolute atomic E-state index is 0.147. The summed E-state index contributed by atoms with van der Waals surface area (Å²) in [5.74, 6) is -0.147. The highest BCUT2D eigenvalue weighted by Crippen LogP contribution is 2.07. The van der Waals surface area contributed by atoms with Crippen LogP contribution < -0.4 is 5.32 Å². The van der Waals surface area contributed by atoms with Crippen LogP contribution in [-0.2, 0) is 33.2 Å². The van der Waals surface area contributed by atoms with E-state index in [0.717, 1.165) is 12.8 Å². The molecule has 0 unspecified atom stereocenters. The molecule has 0 spiro atoms. The van der Waals surface area contributed by atoms with Crippen molar-refractivity contribution in [1.82, 2.24) is 5.32 Å². The van der Waals surface area contributed by atoms with Gasteiger partial charge >= 0.3 is 12.1 Å². The molecule has 0 radical (unpaired) electrons. The molecule has 0 aromatic rings. The highest BCUT2D eigenvalue weighted by Gasteiger charge is 2.15. The summed E-state index contributed by atoms with van der Waals surface area (Å²) in [5, 5.41) is 2.62. The number of nitrogens with one attached hydrogen (secondary N) is 1. The number of amides is 1. The standard InChI is InChI=1S/C24H47NO8/c1-5-6-7-8-9-10-11-22(26)32-21-20-31-19-18-30-17-16-29-15-14-28-13-12-25-23(27)33-24(2,3)4/h5-21H2,1-4H3,(H,25,27). The fourth-order valence-corrected chi connectivity index (χ4v) is 2.64. The van der Waals surface area contributed by atoms with E-state index in [2.05, 4.69) is 12.2 Å². The molecule has 0 aromatic heterocycles. The monoisotopic (exact) mass is 477 g/mol. The van der Waals surface area contributed by atoms with Crippen LogP contribution in [0.25, 0.3) is 0 Å². The molecule has 0 aliphatic heterocycles. The van der Waals surface area contributed by atoms with Crippen molar-refractivity contribution in [3.8, 4) is 0 Å². The molecular formula is C24H47NO8. The maximum Gasteiger partial charge on any atom is 0.407 e. The molecule has 196 valence electrons. The molecule has 1 amide bonds. The topological polar surface area (TPSA) is 102 Å². The molecule has 1 N–H and O–H groups in total. The third kappa shape index (κ3) is 26.7. The van der Waals surface area contributed by atoms with Crippen LogP contribution in [0, 0.1) is 0 Å². The smallest absolute Gasteiger partial charge is 0.407 e. The predicted octanol–water partition coefficient (Wildman–Crippen LogP) is 3.87. The van der Waals surface area contributed by atoms with Gasteiger partial charge < -0.3 is 33.7 Å². The highest BCUT2D eigenvalue weighted by molar-refractivity contribution is 5.69. The maximum atomic E-state index is 11.6. The molecule has 9 heteroatoms. The number of hydrogen-bond donors (Lipinski definition) is 1. The fourth-order valence-electron chi connectivity index (χ4n) is 2.64. The molecule has 0 fully saturated rings. The van der Waals surface area contributed by atoms with E-state index >= 15 is 0 Å². The normalized spacial score (nSPS) is 11.4. The summed E-state index contributed by atoms with van der Waals surface area (Å²) in [6.07, 6.45) is 6.97. The second-order valence-electron chi connectivity index (χ2n) is 8.62. The molecule has 0 saturated heterocycles. The second kappa shape index (κ2) is 22.4. The Kier molecular flexibility index (Phi) is 21.4. The zero-order chi connectivity index (χ0) is 24.6. The van der Waals surface area contributed by atoms with E-state index in [0.29, 0.717) is 65.8 Å². The van der Waals surface area contributed by atoms with Crippen molar-refractivity contribution in [1.29, 1.82) is 0 Å². The molecule has 0 bridgehead atoms. The summed E-state index contributed by atoms with van der Waals surface area (Å²) >= 11 is 0. The van der Waals surface area contributed by atoms with Crippen LogP contribution in [0.15, 0.2) is 0 Å². The summed E-state index contributed by atoms with van der Waals surface area (Å²) in [6.45, 7) is 11.8. The lowest BCUT2D eigenvalue weighted by atomic mass is 10.1. The van der Waals surface area contributed by atoms with E-state index in [1.54, 1.807) is 0 Å². The molecule has 33 heavy (non-hydrogen) atoms. The molecule has 0 aromatic carbocycles. The van der Waals surface area contributed by atoms with Crippen molar-refractivity contribution in [3.05, 3.63) is 0 Å². The van der Waals surface area contributed by atoms with Crippen molar-refractivity contribution in [2.45, 2.75) is 78.2 Å². The lowest BCUT2D eigenvalue weighted by molar-refractivity contribution is -0.145. The van der Waals surface area contributed by atoms with E-state index in [4.69, 9.17) is 28.4 Å². The number of rotatable bonds is 22. The number of unbranched alkanes of at least 4 members (excludes halogenated alkanes) is 5. The lowest BCUT2D eigenvalue weighted by Gasteiger charge is -2.19. The number of hydrogen-bond acceptors (Lipinski definition) is 8. The summed E-state index contributed by atoms with van der Waals surface area (Å²) in [4.78, 5) is 23.0. The Bertz CT molecular complexity index is 468. The number of esters is 1. The van der Waals surface area contributed by atoms with Gasteiger partial charge in [-0.25, -0.2) is 4.79 Å². The summed E-state index contributed by atoms with van der Waals surface area (Å²) in [5.41, 5.74) is -0.505. The van der Waals surface area contributed by atoms with Gasteiger partial charge in [0.15, 0.2) is 0 Å². The second-order valence-corrected chi connectivity index (χ2v) is 8.62. The van der Waals surface area contributed by atoms with E-state index < -0.39 is 11.7 Å². The van der Waals surface area contributed by atoms with Crippen LogP contribution in [0.1, 0.15) is 72.6 Å². The summed E-state index contributed by atoms with van der Waals surface area (Å²) in [6, 6.07) is 0. The van der Waals surface area contributed by atoms with Gasteiger partial charge in [-0.3, -0.25) is 4.79 Å². The summed E-state index contributed by atoms with van der Waals surface area (Å²) < 4.78 is 31.8. The Morgan fingerprint density at radius 1 is 0.667 bits per heavy atom. The zero-order valence-corrected chi connectivity index (χ0v) is 21.3. The zero-order valence-electron chi connectivity index (χ0n) is 21.3. The molecule has 0 atom stereocenters. The van der Waals surface area contributed by atoms with Crippen molar-refractivity contribution in [3.63, 3.8) is 0 Å². The predicted molar refractivity (Wildman–Crippen MR) is 126 cm³/mol. The number of alkyl carbamates (subject to hydrolysis) is 1. The van der Waals surface area contributed by atoms with Gasteiger partial charge in [0.1, 0.15) is 12.2 Å². The van der Waals surface area contributed by atoms with Gasteiger partial charge in [0.05, 0.1) is 52.9 Å². The van der Waals surface area contributed by atoms with E-state index in [1.807, 2.05) is 20.8 Å². The van der Waals surface area contributed by atoms with Crippen LogP contribution in [0.2, 0.25) is 0 Å². The average Bonchev–Trinajstić information content (AvgIpc) is 2.74. The van der Waals surface area contributed by atoms with Crippen LogP contribution in [0.5, 0.6) is 0 Å². The Balaban J connectivity index is 3.21. The van der Waals surface area contributed by atoms with Crippen molar-refractivity contribution in [2.75, 3.05) is 66.0 Å². The van der Waals surface area contributed by atoms with E-state index in [9.17, 15) is 9.59 Å². The van der Waals surface area contributed by atoms with Crippen LogP contribution in [0.3, 0.4) is 0 Å². The third-order valence-electron chi connectivity index (χ3n) is 4.26. The van der Waals surface area contributed by atoms with Crippen molar-refractivity contribution >= 4 is 12.1 Å². The molecular weight excluding hydrogens is 430 g/mol. The van der Waals surface area contributed by atoms with Crippen molar-refractivity contribution in [2.24, 2.45) is 0 Å². The first-order valence-corrected chi connectivity index (χ1v) is 12.3. The van der Waals surface area contributed by atoms with Gasteiger partial charge in [-0.15, -0.1) is 0 Å². The number of ether oxygens (including phenoxy) is 6. The molecule has 0 aliphatic carbocycles. The fraction of sp³-hybridized carbons (Fsp3) is 0.917. The highest BCUT2D eigenvalue weighted by atomic mass is 16.6. The number of carbonyl (C=O) groups is 2. The molecule has 0 aliphatic rings. The third-order valence-corrected chi connectivity index (χ3v) is 4.26. The quantitative estimate of drug-likeness (QED) is 0.185. The first-order valence-electron chi connectivity index (χ1n) is 12.3. The van der Waals surface area contributed by atoms with Gasteiger partial charge in [0.25, 0.3) is 0 Å². The van der Waals surface area contributed by atoms with Crippen LogP contribution in [-0.4, -0.2) is 83.7 Å². The largest absolute Gasteiger partial charge is 0.463 e.